The summed E-state index contributed by atoms with van der Waals surface area (Å²) in [6.07, 6.45) is 3.53. The first-order valence-corrected chi connectivity index (χ1v) is 5.94. The van der Waals surface area contributed by atoms with Crippen LogP contribution in [0, 0.1) is 0 Å². The van der Waals surface area contributed by atoms with E-state index in [0.717, 1.165) is 17.1 Å². The van der Waals surface area contributed by atoms with Gasteiger partial charge in [-0.1, -0.05) is 17.7 Å². The summed E-state index contributed by atoms with van der Waals surface area (Å²) in [6, 6.07) is 15.3. The van der Waals surface area contributed by atoms with Crippen LogP contribution in [0.2, 0.25) is 5.02 Å². The Balaban J connectivity index is 2.10. The Morgan fingerprint density at radius 3 is 2.44 bits per heavy atom. The molecule has 0 atom stereocenters. The maximum atomic E-state index is 5.89. The Morgan fingerprint density at radius 2 is 1.72 bits per heavy atom. The maximum absolute atomic E-state index is 5.89. The zero-order chi connectivity index (χ0) is 12.4. The minimum Gasteiger partial charge on any atom is -0.255 e. The summed E-state index contributed by atoms with van der Waals surface area (Å²) in [4.78, 5) is 4.34. The highest BCUT2D eigenvalue weighted by Gasteiger charge is 2.07. The molecule has 4 heteroatoms. The second-order valence-corrected chi connectivity index (χ2v) is 4.26. The highest BCUT2D eigenvalue weighted by molar-refractivity contribution is 6.30. The van der Waals surface area contributed by atoms with Crippen molar-refractivity contribution in [3.63, 3.8) is 0 Å². The molecule has 0 amide bonds. The second kappa shape index (κ2) is 4.63. The number of halogens is 1. The molecule has 18 heavy (non-hydrogen) atoms. The molecule has 3 nitrogen and oxygen atoms in total. The molecule has 0 bridgehead atoms. The predicted molar refractivity (Wildman–Crippen MR) is 71.8 cm³/mol. The summed E-state index contributed by atoms with van der Waals surface area (Å²) >= 11 is 5.89. The van der Waals surface area contributed by atoms with Gasteiger partial charge in [-0.15, -0.1) is 0 Å². The summed E-state index contributed by atoms with van der Waals surface area (Å²) in [7, 11) is 0. The van der Waals surface area contributed by atoms with Crippen molar-refractivity contribution >= 4 is 11.6 Å². The van der Waals surface area contributed by atoms with E-state index in [9.17, 15) is 0 Å². The second-order valence-electron chi connectivity index (χ2n) is 3.82. The molecule has 0 saturated heterocycles. The summed E-state index contributed by atoms with van der Waals surface area (Å²) in [5.41, 5.74) is 2.81. The molecule has 0 N–H and O–H groups in total. The largest absolute Gasteiger partial charge is 0.255 e. The average molecular weight is 256 g/mol. The topological polar surface area (TPSA) is 30.7 Å². The first-order chi connectivity index (χ1) is 8.84. The lowest BCUT2D eigenvalue weighted by Gasteiger charge is -2.06. The minimum absolute atomic E-state index is 0.713. The van der Waals surface area contributed by atoms with E-state index in [1.54, 1.807) is 12.4 Å². The van der Waals surface area contributed by atoms with Crippen LogP contribution in [0.15, 0.2) is 60.9 Å². The smallest absolute Gasteiger partial charge is 0.0925 e. The molecule has 0 fully saturated rings. The van der Waals surface area contributed by atoms with Crippen LogP contribution in [-0.2, 0) is 0 Å². The molecule has 0 aliphatic rings. The fourth-order valence-corrected chi connectivity index (χ4v) is 1.93. The van der Waals surface area contributed by atoms with Gasteiger partial charge in [0.05, 0.1) is 23.3 Å². The lowest BCUT2D eigenvalue weighted by atomic mass is 10.2. The average Bonchev–Trinajstić information content (AvgIpc) is 2.90. The van der Waals surface area contributed by atoms with Crippen molar-refractivity contribution in [3.8, 4) is 17.1 Å². The summed E-state index contributed by atoms with van der Waals surface area (Å²) in [5.74, 6) is 0. The molecule has 0 aliphatic carbocycles. The van der Waals surface area contributed by atoms with Gasteiger partial charge in [-0.3, -0.25) is 4.98 Å². The molecule has 0 unspecified atom stereocenters. The van der Waals surface area contributed by atoms with E-state index in [2.05, 4.69) is 10.1 Å². The van der Waals surface area contributed by atoms with E-state index >= 15 is 0 Å². The molecule has 3 aromatic rings. The zero-order valence-electron chi connectivity index (χ0n) is 9.49. The summed E-state index contributed by atoms with van der Waals surface area (Å²) in [6.45, 7) is 0. The van der Waals surface area contributed by atoms with Crippen molar-refractivity contribution in [2.75, 3.05) is 0 Å². The van der Waals surface area contributed by atoms with Gasteiger partial charge in [0.25, 0.3) is 0 Å². The molecule has 0 spiro atoms. The van der Waals surface area contributed by atoms with Crippen LogP contribution in [0.3, 0.4) is 0 Å². The number of aromatic nitrogens is 3. The van der Waals surface area contributed by atoms with Crippen molar-refractivity contribution in [3.05, 3.63) is 65.9 Å². The Hall–Kier alpha value is -2.13. The van der Waals surface area contributed by atoms with Gasteiger partial charge in [0.1, 0.15) is 0 Å². The van der Waals surface area contributed by atoms with Crippen molar-refractivity contribution < 1.29 is 0 Å². The van der Waals surface area contributed by atoms with Gasteiger partial charge in [0, 0.05) is 11.2 Å². The first-order valence-electron chi connectivity index (χ1n) is 5.56. The summed E-state index contributed by atoms with van der Waals surface area (Å²) in [5, 5.41) is 5.04. The van der Waals surface area contributed by atoms with Crippen LogP contribution >= 0.6 is 11.6 Å². The first kappa shape index (κ1) is 11.0. The fourth-order valence-electron chi connectivity index (χ4n) is 1.80. The molecule has 0 saturated carbocycles. The molecule has 2 heterocycles. The van der Waals surface area contributed by atoms with E-state index in [1.807, 2.05) is 53.2 Å². The van der Waals surface area contributed by atoms with Crippen LogP contribution in [0.4, 0.5) is 0 Å². The van der Waals surface area contributed by atoms with Gasteiger partial charge < -0.3 is 0 Å². The maximum Gasteiger partial charge on any atom is 0.0925 e. The van der Waals surface area contributed by atoms with Crippen molar-refractivity contribution in [2.24, 2.45) is 0 Å². The van der Waals surface area contributed by atoms with Gasteiger partial charge in [-0.05, 0) is 42.5 Å². The van der Waals surface area contributed by atoms with Gasteiger partial charge >= 0.3 is 0 Å². The normalized spacial score (nSPS) is 10.5. The number of rotatable bonds is 2. The molecule has 0 aliphatic heterocycles. The summed E-state index contributed by atoms with van der Waals surface area (Å²) < 4.78 is 1.85. The van der Waals surface area contributed by atoms with Crippen LogP contribution in [0.25, 0.3) is 17.1 Å². The standard InChI is InChI=1S/C14H10ClN3/c15-11-4-6-12(7-5-11)18-14(8-10-17-18)13-3-1-2-9-16-13/h1-10H. The third-order valence-corrected chi connectivity index (χ3v) is 2.89. The Kier molecular flexibility index (Phi) is 2.82. The van der Waals surface area contributed by atoms with E-state index in [1.165, 1.54) is 0 Å². The van der Waals surface area contributed by atoms with Gasteiger partial charge in [-0.2, -0.15) is 5.10 Å². The van der Waals surface area contributed by atoms with Gasteiger partial charge in [0.15, 0.2) is 0 Å². The monoisotopic (exact) mass is 255 g/mol. The number of nitrogens with zero attached hydrogens (tertiary/aromatic N) is 3. The Morgan fingerprint density at radius 1 is 0.889 bits per heavy atom. The van der Waals surface area contributed by atoms with Crippen LogP contribution < -0.4 is 0 Å². The van der Waals surface area contributed by atoms with Crippen LogP contribution in [-0.4, -0.2) is 14.8 Å². The lowest BCUT2D eigenvalue weighted by Crippen LogP contribution is -1.99. The molecular formula is C14H10ClN3. The van der Waals surface area contributed by atoms with Gasteiger partial charge in [0.2, 0.25) is 0 Å². The van der Waals surface area contributed by atoms with E-state index in [4.69, 9.17) is 11.6 Å². The molecule has 3 rings (SSSR count). The third kappa shape index (κ3) is 2.00. The molecule has 2 aromatic heterocycles. The number of pyridine rings is 1. The fraction of sp³-hybridized carbons (Fsp3) is 0. The van der Waals surface area contributed by atoms with Crippen molar-refractivity contribution in [1.29, 1.82) is 0 Å². The van der Waals surface area contributed by atoms with E-state index in [0.29, 0.717) is 5.02 Å². The van der Waals surface area contributed by atoms with E-state index in [-0.39, 0.29) is 0 Å². The quantitative estimate of drug-likeness (QED) is 0.701. The number of benzene rings is 1. The number of hydrogen-bond acceptors (Lipinski definition) is 2. The van der Waals surface area contributed by atoms with Crippen LogP contribution in [0.1, 0.15) is 0 Å². The molecule has 0 radical (unpaired) electrons. The minimum atomic E-state index is 0.713. The molecular weight excluding hydrogens is 246 g/mol. The molecule has 88 valence electrons. The Bertz CT molecular complexity index is 644. The SMILES string of the molecule is Clc1ccc(-n2nccc2-c2ccccn2)cc1. The van der Waals surface area contributed by atoms with Crippen molar-refractivity contribution in [2.45, 2.75) is 0 Å². The Labute approximate surface area is 110 Å². The predicted octanol–water partition coefficient (Wildman–Crippen LogP) is 3.59. The van der Waals surface area contributed by atoms with Gasteiger partial charge in [-0.25, -0.2) is 4.68 Å². The zero-order valence-corrected chi connectivity index (χ0v) is 10.2. The highest BCUT2D eigenvalue weighted by atomic mass is 35.5. The highest BCUT2D eigenvalue weighted by Crippen LogP contribution is 2.21. The third-order valence-electron chi connectivity index (χ3n) is 2.64. The number of hydrogen-bond donors (Lipinski definition) is 0. The molecule has 1 aromatic carbocycles. The van der Waals surface area contributed by atoms with E-state index < -0.39 is 0 Å². The lowest BCUT2D eigenvalue weighted by molar-refractivity contribution is 0.884. The van der Waals surface area contributed by atoms with Crippen LogP contribution in [0.5, 0.6) is 0 Å². The van der Waals surface area contributed by atoms with Crippen molar-refractivity contribution in [1.82, 2.24) is 14.8 Å².